The number of aromatic nitrogens is 2. The smallest absolute Gasteiger partial charge is 0.152 e. The lowest BCUT2D eigenvalue weighted by Gasteiger charge is -2.10. The van der Waals surface area contributed by atoms with Gasteiger partial charge in [-0.05, 0) is 32.4 Å². The number of rotatable bonds is 4. The average Bonchev–Trinajstić information content (AvgIpc) is 2.35. The summed E-state index contributed by atoms with van der Waals surface area (Å²) in [5, 5.41) is 3.33. The quantitative estimate of drug-likeness (QED) is 0.889. The van der Waals surface area contributed by atoms with Gasteiger partial charge in [-0.25, -0.2) is 4.98 Å². The van der Waals surface area contributed by atoms with Gasteiger partial charge in [0.15, 0.2) is 5.82 Å². The average molecular weight is 241 g/mol. The number of anilines is 1. The zero-order valence-electron chi connectivity index (χ0n) is 11.2. The highest BCUT2D eigenvalue weighted by atomic mass is 15.0. The van der Waals surface area contributed by atoms with Crippen molar-refractivity contribution >= 4 is 5.82 Å². The van der Waals surface area contributed by atoms with Crippen molar-refractivity contribution in [2.24, 2.45) is 0 Å². The van der Waals surface area contributed by atoms with Crippen molar-refractivity contribution in [3.63, 3.8) is 0 Å². The summed E-state index contributed by atoms with van der Waals surface area (Å²) in [7, 11) is 0. The molecule has 1 aromatic heterocycles. The lowest BCUT2D eigenvalue weighted by molar-refractivity contribution is 0.966. The van der Waals surface area contributed by atoms with E-state index in [-0.39, 0.29) is 0 Å². The largest absolute Gasteiger partial charge is 0.368 e. The summed E-state index contributed by atoms with van der Waals surface area (Å²) in [6, 6.07) is 6.46. The van der Waals surface area contributed by atoms with Crippen molar-refractivity contribution in [2.45, 2.75) is 27.2 Å². The molecule has 0 spiro atoms. The third-order valence-corrected chi connectivity index (χ3v) is 2.74. The number of hydrogen-bond donors (Lipinski definition) is 1. The highest BCUT2D eigenvalue weighted by Gasteiger charge is 2.07. The minimum absolute atomic E-state index is 0.865. The van der Waals surface area contributed by atoms with Gasteiger partial charge in [0.25, 0.3) is 0 Å². The molecule has 0 amide bonds. The van der Waals surface area contributed by atoms with Crippen molar-refractivity contribution in [1.82, 2.24) is 9.97 Å². The van der Waals surface area contributed by atoms with Gasteiger partial charge >= 0.3 is 0 Å². The Morgan fingerprint density at radius 3 is 2.33 bits per heavy atom. The van der Waals surface area contributed by atoms with E-state index >= 15 is 0 Å². The maximum atomic E-state index is 4.46. The Morgan fingerprint density at radius 1 is 1.00 bits per heavy atom. The molecule has 0 atom stereocenters. The van der Waals surface area contributed by atoms with Gasteiger partial charge < -0.3 is 5.32 Å². The van der Waals surface area contributed by atoms with Crippen molar-refractivity contribution in [3.8, 4) is 11.3 Å². The van der Waals surface area contributed by atoms with Crippen LogP contribution in [0.25, 0.3) is 11.3 Å². The number of aryl methyl sites for hydroxylation is 2. The van der Waals surface area contributed by atoms with Crippen LogP contribution >= 0.6 is 0 Å². The molecule has 2 aromatic rings. The minimum Gasteiger partial charge on any atom is -0.368 e. The third-order valence-electron chi connectivity index (χ3n) is 2.74. The Hall–Kier alpha value is -1.90. The van der Waals surface area contributed by atoms with E-state index in [2.05, 4.69) is 54.3 Å². The second-order valence-electron chi connectivity index (χ2n) is 4.56. The van der Waals surface area contributed by atoms with Crippen LogP contribution in [-0.4, -0.2) is 16.5 Å². The Kier molecular flexibility index (Phi) is 3.92. The Labute approximate surface area is 108 Å². The predicted molar refractivity (Wildman–Crippen MR) is 75.7 cm³/mol. The number of hydrogen-bond acceptors (Lipinski definition) is 3. The second kappa shape index (κ2) is 5.63. The molecule has 0 unspecified atom stereocenters. The summed E-state index contributed by atoms with van der Waals surface area (Å²) >= 11 is 0. The van der Waals surface area contributed by atoms with Gasteiger partial charge in [0.1, 0.15) is 5.69 Å². The summed E-state index contributed by atoms with van der Waals surface area (Å²) in [6.45, 7) is 7.26. The van der Waals surface area contributed by atoms with Crippen LogP contribution in [0.4, 0.5) is 5.82 Å². The molecule has 0 aliphatic rings. The Morgan fingerprint density at radius 2 is 1.67 bits per heavy atom. The molecular weight excluding hydrogens is 222 g/mol. The minimum atomic E-state index is 0.865. The van der Waals surface area contributed by atoms with Crippen LogP contribution in [0.15, 0.2) is 30.6 Å². The highest BCUT2D eigenvalue weighted by molar-refractivity contribution is 5.72. The van der Waals surface area contributed by atoms with Crippen molar-refractivity contribution in [1.29, 1.82) is 0 Å². The second-order valence-corrected chi connectivity index (χ2v) is 4.56. The molecule has 0 aliphatic heterocycles. The lowest BCUT2D eigenvalue weighted by Crippen LogP contribution is -2.04. The summed E-state index contributed by atoms with van der Waals surface area (Å²) in [5.74, 6) is 0.865. The standard InChI is InChI=1S/C15H19N3/c1-4-5-17-15-14(16-6-7-18-15)13-9-11(2)8-12(3)10-13/h6-10H,4-5H2,1-3H3,(H,17,18). The first-order valence-electron chi connectivity index (χ1n) is 6.34. The molecule has 3 heteroatoms. The molecule has 0 saturated carbocycles. The van der Waals surface area contributed by atoms with Crippen LogP contribution in [0.1, 0.15) is 24.5 Å². The van der Waals surface area contributed by atoms with E-state index in [4.69, 9.17) is 0 Å². The summed E-state index contributed by atoms with van der Waals surface area (Å²) in [4.78, 5) is 8.84. The summed E-state index contributed by atoms with van der Waals surface area (Å²) in [6.07, 6.45) is 4.54. The maximum absolute atomic E-state index is 4.46. The van der Waals surface area contributed by atoms with E-state index in [0.29, 0.717) is 0 Å². The first kappa shape index (κ1) is 12.6. The van der Waals surface area contributed by atoms with Gasteiger partial charge in [0, 0.05) is 24.5 Å². The molecule has 1 aromatic carbocycles. The molecule has 2 rings (SSSR count). The molecule has 3 nitrogen and oxygen atoms in total. The van der Waals surface area contributed by atoms with Crippen LogP contribution < -0.4 is 5.32 Å². The summed E-state index contributed by atoms with van der Waals surface area (Å²) < 4.78 is 0. The molecule has 0 saturated heterocycles. The van der Waals surface area contributed by atoms with E-state index in [0.717, 1.165) is 30.0 Å². The molecule has 18 heavy (non-hydrogen) atoms. The molecule has 0 radical (unpaired) electrons. The van der Waals surface area contributed by atoms with Crippen LogP contribution in [-0.2, 0) is 0 Å². The van der Waals surface area contributed by atoms with Gasteiger partial charge in [0.05, 0.1) is 0 Å². The van der Waals surface area contributed by atoms with Crippen LogP contribution in [0.3, 0.4) is 0 Å². The van der Waals surface area contributed by atoms with E-state index < -0.39 is 0 Å². The maximum Gasteiger partial charge on any atom is 0.152 e. The van der Waals surface area contributed by atoms with Crippen molar-refractivity contribution in [3.05, 3.63) is 41.7 Å². The lowest BCUT2D eigenvalue weighted by atomic mass is 10.0. The highest BCUT2D eigenvalue weighted by Crippen LogP contribution is 2.25. The predicted octanol–water partition coefficient (Wildman–Crippen LogP) is 3.58. The molecule has 1 N–H and O–H groups in total. The Bertz CT molecular complexity index is 515. The molecule has 0 bridgehead atoms. The van der Waals surface area contributed by atoms with Crippen molar-refractivity contribution in [2.75, 3.05) is 11.9 Å². The Balaban J connectivity index is 2.42. The molecule has 0 fully saturated rings. The van der Waals surface area contributed by atoms with Gasteiger partial charge in [-0.2, -0.15) is 0 Å². The fraction of sp³-hybridized carbons (Fsp3) is 0.333. The molecular formula is C15H19N3. The van der Waals surface area contributed by atoms with Gasteiger partial charge in [0.2, 0.25) is 0 Å². The van der Waals surface area contributed by atoms with Gasteiger partial charge in [-0.1, -0.05) is 24.1 Å². The SMILES string of the molecule is CCCNc1nccnc1-c1cc(C)cc(C)c1. The zero-order chi connectivity index (χ0) is 13.0. The van der Waals surface area contributed by atoms with Gasteiger partial charge in [-0.3, -0.25) is 4.98 Å². The van der Waals surface area contributed by atoms with Crippen LogP contribution in [0.2, 0.25) is 0 Å². The number of nitrogens with one attached hydrogen (secondary N) is 1. The van der Waals surface area contributed by atoms with Gasteiger partial charge in [-0.15, -0.1) is 0 Å². The first-order valence-corrected chi connectivity index (χ1v) is 6.34. The fourth-order valence-corrected chi connectivity index (χ4v) is 2.03. The molecule has 1 heterocycles. The molecule has 94 valence electrons. The monoisotopic (exact) mass is 241 g/mol. The van der Waals surface area contributed by atoms with Crippen LogP contribution in [0.5, 0.6) is 0 Å². The normalized spacial score (nSPS) is 10.4. The number of nitrogens with zero attached hydrogens (tertiary/aromatic N) is 2. The van der Waals surface area contributed by atoms with E-state index in [9.17, 15) is 0 Å². The third kappa shape index (κ3) is 2.86. The zero-order valence-corrected chi connectivity index (χ0v) is 11.2. The number of benzene rings is 1. The molecule has 0 aliphatic carbocycles. The van der Waals surface area contributed by atoms with E-state index in [1.54, 1.807) is 12.4 Å². The summed E-state index contributed by atoms with van der Waals surface area (Å²) in [5.41, 5.74) is 4.55. The topological polar surface area (TPSA) is 37.8 Å². The first-order chi connectivity index (χ1) is 8.70. The fourth-order valence-electron chi connectivity index (χ4n) is 2.03. The van der Waals surface area contributed by atoms with Crippen LogP contribution in [0, 0.1) is 13.8 Å². The van der Waals surface area contributed by atoms with Crippen molar-refractivity contribution < 1.29 is 0 Å². The van der Waals surface area contributed by atoms with E-state index in [1.165, 1.54) is 11.1 Å². The van der Waals surface area contributed by atoms with E-state index in [1.807, 2.05) is 0 Å².